The minimum Gasteiger partial charge on any atom is -0.396 e. The van der Waals surface area contributed by atoms with E-state index in [2.05, 4.69) is 78.5 Å². The molecule has 2 N–H and O–H groups in total. The number of benzene rings is 2. The van der Waals surface area contributed by atoms with Crippen LogP contribution < -0.4 is 5.32 Å². The number of unbranched alkanes of at least 4 members (excludes halogenated alkanes) is 1. The smallest absolute Gasteiger partial charge is 0.155 e. The van der Waals surface area contributed by atoms with Crippen molar-refractivity contribution in [3.63, 3.8) is 0 Å². The van der Waals surface area contributed by atoms with Gasteiger partial charge < -0.3 is 10.4 Å². The van der Waals surface area contributed by atoms with E-state index < -0.39 is 0 Å². The quantitative estimate of drug-likeness (QED) is 0.313. The minimum absolute atomic E-state index is 0.207. The number of aliphatic hydroxyl groups is 1. The lowest BCUT2D eigenvalue weighted by Crippen LogP contribution is -2.06. The molecule has 0 amide bonds. The van der Waals surface area contributed by atoms with E-state index in [1.807, 2.05) is 13.1 Å². The van der Waals surface area contributed by atoms with Crippen molar-refractivity contribution in [2.75, 3.05) is 18.5 Å². The van der Waals surface area contributed by atoms with Gasteiger partial charge in [-0.1, -0.05) is 55.0 Å². The first-order valence-electron chi connectivity index (χ1n) is 11.3. The maximum Gasteiger partial charge on any atom is 0.155 e. The molecule has 0 bridgehead atoms. The van der Waals surface area contributed by atoms with Gasteiger partial charge in [-0.3, -0.25) is 4.99 Å². The maximum absolute atomic E-state index is 8.95. The van der Waals surface area contributed by atoms with Gasteiger partial charge in [-0.05, 0) is 68.2 Å². The average molecular weight is 431 g/mol. The van der Waals surface area contributed by atoms with Gasteiger partial charge in [-0.15, -0.1) is 0 Å². The molecule has 32 heavy (non-hydrogen) atoms. The Morgan fingerprint density at radius 1 is 1.03 bits per heavy atom. The van der Waals surface area contributed by atoms with E-state index in [0.717, 1.165) is 43.0 Å². The molecule has 0 spiro atoms. The number of nitrogens with zero attached hydrogens (tertiary/aromatic N) is 3. The molecule has 0 saturated carbocycles. The normalized spacial score (nSPS) is 12.3. The summed E-state index contributed by atoms with van der Waals surface area (Å²) < 4.78 is 0. The molecule has 0 aliphatic rings. The molecule has 5 nitrogen and oxygen atoms in total. The molecule has 0 saturated heterocycles. The summed E-state index contributed by atoms with van der Waals surface area (Å²) in [5.41, 5.74) is 8.07. The molecule has 1 heterocycles. The Labute approximate surface area is 191 Å². The largest absolute Gasteiger partial charge is 0.396 e. The lowest BCUT2D eigenvalue weighted by Gasteiger charge is -2.11. The third-order valence-corrected chi connectivity index (χ3v) is 5.55. The Kier molecular flexibility index (Phi) is 8.51. The average Bonchev–Trinajstić information content (AvgIpc) is 2.77. The predicted octanol–water partition coefficient (Wildman–Crippen LogP) is 5.83. The molecule has 3 aromatic rings. The number of hydrogen-bond acceptors (Lipinski definition) is 5. The monoisotopic (exact) mass is 430 g/mol. The number of aliphatic imine (C=N–C) groups is 1. The van der Waals surface area contributed by atoms with Crippen LogP contribution in [0.25, 0.3) is 11.1 Å². The van der Waals surface area contributed by atoms with Gasteiger partial charge in [0.05, 0.1) is 5.69 Å². The second kappa shape index (κ2) is 11.5. The van der Waals surface area contributed by atoms with Crippen LogP contribution in [0, 0.1) is 26.7 Å². The molecule has 1 atom stereocenters. The fourth-order valence-electron chi connectivity index (χ4n) is 3.78. The molecule has 1 unspecified atom stereocenters. The van der Waals surface area contributed by atoms with Crippen molar-refractivity contribution in [1.82, 2.24) is 9.97 Å². The van der Waals surface area contributed by atoms with E-state index in [-0.39, 0.29) is 12.5 Å². The first-order chi connectivity index (χ1) is 15.5. The van der Waals surface area contributed by atoms with Crippen LogP contribution in [0.3, 0.4) is 0 Å². The van der Waals surface area contributed by atoms with Crippen molar-refractivity contribution in [1.29, 1.82) is 0 Å². The third-order valence-electron chi connectivity index (χ3n) is 5.55. The zero-order valence-corrected chi connectivity index (χ0v) is 19.6. The van der Waals surface area contributed by atoms with Gasteiger partial charge in [-0.2, -0.15) is 0 Å². The van der Waals surface area contributed by atoms with Crippen LogP contribution in [0.4, 0.5) is 11.5 Å². The Morgan fingerprint density at radius 2 is 1.81 bits per heavy atom. The molecular formula is C27H34N4O. The highest BCUT2D eigenvalue weighted by Gasteiger charge is 2.08. The SMILES string of the molecule is Cc1ccc(-c2ccc(CC(C)C=Nc3c(C)ncnc3NCCCCO)cc2)c(C)c1. The first kappa shape index (κ1) is 23.6. The summed E-state index contributed by atoms with van der Waals surface area (Å²) >= 11 is 0. The topological polar surface area (TPSA) is 70.4 Å². The second-order valence-electron chi connectivity index (χ2n) is 8.49. The molecule has 0 fully saturated rings. The summed E-state index contributed by atoms with van der Waals surface area (Å²) in [6.45, 7) is 9.38. The Balaban J connectivity index is 1.65. The number of aromatic nitrogens is 2. The number of anilines is 1. The fourth-order valence-corrected chi connectivity index (χ4v) is 3.78. The first-order valence-corrected chi connectivity index (χ1v) is 11.3. The highest BCUT2D eigenvalue weighted by atomic mass is 16.2. The number of aryl methyl sites for hydroxylation is 3. The third kappa shape index (κ3) is 6.47. The van der Waals surface area contributed by atoms with Crippen LogP contribution >= 0.6 is 0 Å². The molecule has 0 aliphatic carbocycles. The van der Waals surface area contributed by atoms with Crippen LogP contribution in [-0.2, 0) is 6.42 Å². The van der Waals surface area contributed by atoms with Crippen molar-refractivity contribution < 1.29 is 5.11 Å². The summed E-state index contributed by atoms with van der Waals surface area (Å²) in [4.78, 5) is 13.4. The van der Waals surface area contributed by atoms with E-state index in [0.29, 0.717) is 0 Å². The number of hydrogen-bond donors (Lipinski definition) is 2. The van der Waals surface area contributed by atoms with E-state index >= 15 is 0 Å². The fraction of sp³-hybridized carbons (Fsp3) is 0.370. The van der Waals surface area contributed by atoms with Crippen LogP contribution in [0.2, 0.25) is 0 Å². The second-order valence-corrected chi connectivity index (χ2v) is 8.49. The van der Waals surface area contributed by atoms with E-state index in [9.17, 15) is 0 Å². The molecule has 3 rings (SSSR count). The summed E-state index contributed by atoms with van der Waals surface area (Å²) in [6.07, 6.45) is 6.13. The number of aliphatic hydroxyl groups excluding tert-OH is 1. The molecule has 2 aromatic carbocycles. The summed E-state index contributed by atoms with van der Waals surface area (Å²) in [5.74, 6) is 1.03. The van der Waals surface area contributed by atoms with Gasteiger partial charge in [0.25, 0.3) is 0 Å². The minimum atomic E-state index is 0.207. The van der Waals surface area contributed by atoms with Gasteiger partial charge in [0, 0.05) is 19.4 Å². The number of rotatable bonds is 10. The Hall–Kier alpha value is -3.05. The standard InChI is InChI=1S/C27H34N4O/c1-19-7-12-25(21(3)15-19)24-10-8-23(9-11-24)16-20(2)17-29-26-22(4)30-18-31-27(26)28-13-5-6-14-32/h7-12,15,17-18,20,32H,5-6,13-14,16H2,1-4H3,(H,28,30,31). The van der Waals surface area contributed by atoms with Crippen molar-refractivity contribution in [2.24, 2.45) is 10.9 Å². The molecule has 0 aliphatic heterocycles. The van der Waals surface area contributed by atoms with Crippen molar-refractivity contribution >= 4 is 17.7 Å². The van der Waals surface area contributed by atoms with E-state index in [1.54, 1.807) is 6.33 Å². The molecule has 5 heteroatoms. The molecule has 0 radical (unpaired) electrons. The van der Waals surface area contributed by atoms with Crippen LogP contribution in [-0.4, -0.2) is 34.4 Å². The van der Waals surface area contributed by atoms with Gasteiger partial charge in [0.15, 0.2) is 5.82 Å². The number of nitrogens with one attached hydrogen (secondary N) is 1. The van der Waals surface area contributed by atoms with E-state index in [4.69, 9.17) is 10.1 Å². The van der Waals surface area contributed by atoms with Crippen LogP contribution in [0.5, 0.6) is 0 Å². The lowest BCUT2D eigenvalue weighted by atomic mass is 9.96. The highest BCUT2D eigenvalue weighted by Crippen LogP contribution is 2.26. The molecule has 168 valence electrons. The van der Waals surface area contributed by atoms with Crippen LogP contribution in [0.15, 0.2) is 53.8 Å². The molecule has 1 aromatic heterocycles. The van der Waals surface area contributed by atoms with Gasteiger partial charge in [-0.25, -0.2) is 9.97 Å². The zero-order valence-electron chi connectivity index (χ0n) is 19.6. The summed E-state index contributed by atoms with van der Waals surface area (Å²) in [5, 5.41) is 12.3. The predicted molar refractivity (Wildman–Crippen MR) is 134 cm³/mol. The maximum atomic E-state index is 8.95. The van der Waals surface area contributed by atoms with Gasteiger partial charge in [0.1, 0.15) is 12.0 Å². The Bertz CT molecular complexity index is 1040. The van der Waals surface area contributed by atoms with E-state index in [1.165, 1.54) is 27.8 Å². The van der Waals surface area contributed by atoms with Crippen molar-refractivity contribution in [2.45, 2.75) is 47.0 Å². The van der Waals surface area contributed by atoms with Crippen LogP contribution in [0.1, 0.15) is 42.1 Å². The lowest BCUT2D eigenvalue weighted by molar-refractivity contribution is 0.286. The molecular weight excluding hydrogens is 396 g/mol. The summed E-state index contributed by atoms with van der Waals surface area (Å²) in [7, 11) is 0. The summed E-state index contributed by atoms with van der Waals surface area (Å²) in [6, 6.07) is 15.4. The Morgan fingerprint density at radius 3 is 2.53 bits per heavy atom. The zero-order chi connectivity index (χ0) is 22.9. The highest BCUT2D eigenvalue weighted by molar-refractivity contribution is 5.73. The van der Waals surface area contributed by atoms with Gasteiger partial charge in [0.2, 0.25) is 0 Å². The van der Waals surface area contributed by atoms with Crippen molar-refractivity contribution in [3.8, 4) is 11.1 Å². The van der Waals surface area contributed by atoms with Gasteiger partial charge >= 0.3 is 0 Å². The van der Waals surface area contributed by atoms with Crippen molar-refractivity contribution in [3.05, 3.63) is 71.2 Å².